The number of hydrogen-bond donors (Lipinski definition) is 0. The summed E-state index contributed by atoms with van der Waals surface area (Å²) in [6.07, 6.45) is 0.911. The van der Waals surface area contributed by atoms with Crippen LogP contribution in [-0.4, -0.2) is 42.5 Å². The molecule has 1 fully saturated rings. The van der Waals surface area contributed by atoms with Gasteiger partial charge in [-0.2, -0.15) is 4.39 Å². The van der Waals surface area contributed by atoms with Gasteiger partial charge in [-0.3, -0.25) is 10.1 Å². The molecule has 0 N–H and O–H groups in total. The number of hydrogen-bond acceptors (Lipinski definition) is 4. The van der Waals surface area contributed by atoms with Gasteiger partial charge >= 0.3 is 5.69 Å². The third kappa shape index (κ3) is 2.84. The Morgan fingerprint density at radius 1 is 1.42 bits per heavy atom. The minimum atomic E-state index is -0.771. The smallest absolute Gasteiger partial charge is 0.327 e. The van der Waals surface area contributed by atoms with E-state index in [0.717, 1.165) is 25.6 Å². The molecule has 6 heteroatoms. The molecule has 1 saturated heterocycles. The molecule has 1 atom stereocenters. The average molecular weight is 267 g/mol. The van der Waals surface area contributed by atoms with Gasteiger partial charge in [-0.15, -0.1) is 0 Å². The fourth-order valence-corrected chi connectivity index (χ4v) is 2.65. The summed E-state index contributed by atoms with van der Waals surface area (Å²) in [4.78, 5) is 14.6. The van der Waals surface area contributed by atoms with Gasteiger partial charge in [0.05, 0.1) is 4.92 Å². The number of nitro benzene ring substituents is 1. The second kappa shape index (κ2) is 5.52. The molecule has 0 aliphatic carbocycles. The van der Waals surface area contributed by atoms with Crippen LogP contribution < -0.4 is 4.90 Å². The highest BCUT2D eigenvalue weighted by molar-refractivity contribution is 5.64. The molecule has 5 nitrogen and oxygen atoms in total. The lowest BCUT2D eigenvalue weighted by Gasteiger charge is -2.29. The van der Waals surface area contributed by atoms with E-state index in [1.54, 1.807) is 6.07 Å². The van der Waals surface area contributed by atoms with Gasteiger partial charge in [0.2, 0.25) is 5.82 Å². The van der Waals surface area contributed by atoms with Crippen molar-refractivity contribution in [2.45, 2.75) is 19.4 Å². The predicted molar refractivity (Wildman–Crippen MR) is 72.0 cm³/mol. The number of nitrogens with zero attached hydrogens (tertiary/aromatic N) is 3. The van der Waals surface area contributed by atoms with E-state index < -0.39 is 16.4 Å². The van der Waals surface area contributed by atoms with Crippen molar-refractivity contribution in [3.63, 3.8) is 0 Å². The van der Waals surface area contributed by atoms with E-state index in [1.807, 2.05) is 18.9 Å². The van der Waals surface area contributed by atoms with E-state index in [2.05, 4.69) is 4.90 Å². The van der Waals surface area contributed by atoms with Crippen molar-refractivity contribution in [1.29, 1.82) is 0 Å². The molecule has 1 unspecified atom stereocenters. The zero-order valence-electron chi connectivity index (χ0n) is 11.2. The number of anilines is 1. The normalized spacial score (nSPS) is 21.2. The topological polar surface area (TPSA) is 49.6 Å². The van der Waals surface area contributed by atoms with Crippen LogP contribution in [0.4, 0.5) is 15.8 Å². The lowest BCUT2D eigenvalue weighted by Crippen LogP contribution is -2.38. The van der Waals surface area contributed by atoms with E-state index in [1.165, 1.54) is 6.07 Å². The maximum Gasteiger partial charge on any atom is 0.327 e. The summed E-state index contributed by atoms with van der Waals surface area (Å²) in [6, 6.07) is 4.41. The summed E-state index contributed by atoms with van der Waals surface area (Å²) in [7, 11) is 2.03. The molecular formula is C13H18FN3O2. The Kier molecular flexibility index (Phi) is 3.99. The van der Waals surface area contributed by atoms with Gasteiger partial charge in [-0.05, 0) is 39.1 Å². The van der Waals surface area contributed by atoms with Gasteiger partial charge in [0.15, 0.2) is 0 Å². The molecule has 2 rings (SSSR count). The van der Waals surface area contributed by atoms with Crippen LogP contribution in [0.15, 0.2) is 18.2 Å². The van der Waals surface area contributed by atoms with E-state index in [-0.39, 0.29) is 6.04 Å². The molecule has 1 heterocycles. The Morgan fingerprint density at radius 2 is 2.16 bits per heavy atom. The van der Waals surface area contributed by atoms with Gasteiger partial charge in [0.1, 0.15) is 5.69 Å². The summed E-state index contributed by atoms with van der Waals surface area (Å²) in [6.45, 7) is 4.48. The Balaban J connectivity index is 2.40. The van der Waals surface area contributed by atoms with Gasteiger partial charge in [-0.1, -0.05) is 6.07 Å². The molecule has 104 valence electrons. The molecule has 0 bridgehead atoms. The van der Waals surface area contributed by atoms with Crippen LogP contribution in [0.5, 0.6) is 0 Å². The molecule has 0 saturated carbocycles. The van der Waals surface area contributed by atoms with Gasteiger partial charge in [0.25, 0.3) is 0 Å². The van der Waals surface area contributed by atoms with Crippen LogP contribution in [0.3, 0.4) is 0 Å². The number of para-hydroxylation sites is 1. The van der Waals surface area contributed by atoms with Gasteiger partial charge < -0.3 is 9.80 Å². The zero-order chi connectivity index (χ0) is 14.0. The molecule has 19 heavy (non-hydrogen) atoms. The van der Waals surface area contributed by atoms with Gasteiger partial charge in [-0.25, -0.2) is 0 Å². The molecule has 1 aromatic rings. The van der Waals surface area contributed by atoms with Gasteiger partial charge in [0, 0.05) is 19.1 Å². The van der Waals surface area contributed by atoms with E-state index >= 15 is 0 Å². The first-order valence-electron chi connectivity index (χ1n) is 6.39. The minimum absolute atomic E-state index is 0.119. The highest BCUT2D eigenvalue weighted by Crippen LogP contribution is 2.32. The first-order valence-corrected chi connectivity index (χ1v) is 6.39. The molecule has 0 spiro atoms. The molecule has 1 aliphatic heterocycles. The minimum Gasteiger partial charge on any atom is -0.362 e. The van der Waals surface area contributed by atoms with Crippen molar-refractivity contribution >= 4 is 11.4 Å². The first kappa shape index (κ1) is 13.7. The second-order valence-electron chi connectivity index (χ2n) is 5.02. The standard InChI is InChI=1S/C13H18FN3O2/c1-10-9-15(2)7-4-8-16(10)12-6-3-5-11(14)13(12)17(18)19/h3,5-6,10H,4,7-9H2,1-2H3. The monoisotopic (exact) mass is 267 g/mol. The van der Waals surface area contributed by atoms with E-state index in [9.17, 15) is 14.5 Å². The predicted octanol–water partition coefficient (Wildman–Crippen LogP) is 2.26. The number of benzene rings is 1. The second-order valence-corrected chi connectivity index (χ2v) is 5.02. The lowest BCUT2D eigenvalue weighted by molar-refractivity contribution is -0.386. The highest BCUT2D eigenvalue weighted by atomic mass is 19.1. The highest BCUT2D eigenvalue weighted by Gasteiger charge is 2.28. The molecule has 0 amide bonds. The molecule has 1 aromatic carbocycles. The van der Waals surface area contributed by atoms with Crippen molar-refractivity contribution in [3.8, 4) is 0 Å². The van der Waals surface area contributed by atoms with Crippen molar-refractivity contribution in [2.24, 2.45) is 0 Å². The molecule has 0 radical (unpaired) electrons. The first-order chi connectivity index (χ1) is 9.00. The quantitative estimate of drug-likeness (QED) is 0.609. The van der Waals surface area contributed by atoms with E-state index in [4.69, 9.17) is 0 Å². The number of likely N-dealkylation sites (N-methyl/N-ethyl adjacent to an activating group) is 1. The van der Waals surface area contributed by atoms with Crippen LogP contribution in [-0.2, 0) is 0 Å². The fraction of sp³-hybridized carbons (Fsp3) is 0.538. The third-order valence-corrected chi connectivity index (χ3v) is 3.50. The van der Waals surface area contributed by atoms with Crippen molar-refractivity contribution < 1.29 is 9.31 Å². The number of halogens is 1. The largest absolute Gasteiger partial charge is 0.362 e. The summed E-state index contributed by atoms with van der Waals surface area (Å²) in [5.74, 6) is -0.771. The number of rotatable bonds is 2. The molecular weight excluding hydrogens is 249 g/mol. The van der Waals surface area contributed by atoms with Crippen molar-refractivity contribution in [2.75, 3.05) is 31.6 Å². The van der Waals surface area contributed by atoms with Crippen LogP contribution >= 0.6 is 0 Å². The third-order valence-electron chi connectivity index (χ3n) is 3.50. The Hall–Kier alpha value is -1.69. The SMILES string of the molecule is CC1CN(C)CCCN1c1cccc(F)c1[N+](=O)[O-]. The average Bonchev–Trinajstić information content (AvgIpc) is 2.49. The zero-order valence-corrected chi connectivity index (χ0v) is 11.2. The van der Waals surface area contributed by atoms with Crippen LogP contribution in [0.25, 0.3) is 0 Å². The van der Waals surface area contributed by atoms with Crippen LogP contribution in [0.1, 0.15) is 13.3 Å². The summed E-state index contributed by atoms with van der Waals surface area (Å²) in [5.41, 5.74) is -0.0355. The Bertz CT molecular complexity index is 481. The van der Waals surface area contributed by atoms with Crippen molar-refractivity contribution in [3.05, 3.63) is 34.1 Å². The van der Waals surface area contributed by atoms with Crippen molar-refractivity contribution in [1.82, 2.24) is 4.90 Å². The maximum absolute atomic E-state index is 13.7. The lowest BCUT2D eigenvalue weighted by atomic mass is 10.2. The maximum atomic E-state index is 13.7. The number of nitro groups is 1. The Labute approximate surface area is 111 Å². The Morgan fingerprint density at radius 3 is 2.84 bits per heavy atom. The summed E-state index contributed by atoms with van der Waals surface area (Å²) >= 11 is 0. The molecule has 1 aliphatic rings. The fourth-order valence-electron chi connectivity index (χ4n) is 2.65. The summed E-state index contributed by atoms with van der Waals surface area (Å²) in [5, 5.41) is 11.1. The van der Waals surface area contributed by atoms with E-state index in [0.29, 0.717) is 12.2 Å². The van der Waals surface area contributed by atoms with Crippen LogP contribution in [0.2, 0.25) is 0 Å². The molecule has 0 aromatic heterocycles. The van der Waals surface area contributed by atoms with Crippen LogP contribution in [0, 0.1) is 15.9 Å². The summed E-state index contributed by atoms with van der Waals surface area (Å²) < 4.78 is 13.7.